The van der Waals surface area contributed by atoms with Crippen LogP contribution >= 0.6 is 0 Å². The second kappa shape index (κ2) is 5.58. The van der Waals surface area contributed by atoms with Gasteiger partial charge in [-0.05, 0) is 19.9 Å². The van der Waals surface area contributed by atoms with Gasteiger partial charge in [-0.1, -0.05) is 0 Å². The van der Waals surface area contributed by atoms with Crippen molar-refractivity contribution in [2.24, 2.45) is 7.05 Å². The molecule has 1 aliphatic heterocycles. The second-order valence-corrected chi connectivity index (χ2v) is 6.96. The van der Waals surface area contributed by atoms with Crippen molar-refractivity contribution in [3.05, 3.63) is 12.4 Å². The lowest BCUT2D eigenvalue weighted by atomic mass is 9.99. The summed E-state index contributed by atoms with van der Waals surface area (Å²) in [6.45, 7) is 0.0175. The van der Waals surface area contributed by atoms with Crippen molar-refractivity contribution in [1.29, 1.82) is 0 Å². The zero-order valence-electron chi connectivity index (χ0n) is 11.6. The number of likely N-dealkylation sites (N-methyl/N-ethyl adjacent to an activating group) is 1. The highest BCUT2D eigenvalue weighted by atomic mass is 32.2. The van der Waals surface area contributed by atoms with Crippen molar-refractivity contribution in [2.75, 3.05) is 13.6 Å². The number of aromatic nitrogens is 2. The first-order valence-corrected chi connectivity index (χ1v) is 7.86. The van der Waals surface area contributed by atoms with Crippen molar-refractivity contribution in [3.63, 3.8) is 0 Å². The molecule has 120 valence electrons. The Morgan fingerprint density at radius 3 is 2.48 bits per heavy atom. The van der Waals surface area contributed by atoms with Crippen LogP contribution in [0.4, 0.5) is 13.2 Å². The molecule has 0 bridgehead atoms. The summed E-state index contributed by atoms with van der Waals surface area (Å²) in [6, 6.07) is -2.06. The van der Waals surface area contributed by atoms with Gasteiger partial charge in [0, 0.05) is 25.8 Å². The molecule has 1 fully saturated rings. The molecule has 1 aliphatic rings. The number of halogens is 3. The SMILES string of the molecule is CN1C[C@@H](NS(=O)(=O)c2cnn(C)c2)CC[C@@H]1C(F)(F)F. The molecule has 0 radical (unpaired) electrons. The van der Waals surface area contributed by atoms with Crippen LogP contribution in [0.1, 0.15) is 12.8 Å². The Kier molecular flexibility index (Phi) is 4.31. The van der Waals surface area contributed by atoms with Gasteiger partial charge in [0.15, 0.2) is 0 Å². The van der Waals surface area contributed by atoms with Crippen LogP contribution in [0, 0.1) is 0 Å². The van der Waals surface area contributed by atoms with E-state index in [1.165, 1.54) is 24.1 Å². The molecule has 0 amide bonds. The van der Waals surface area contributed by atoms with Crippen molar-refractivity contribution in [2.45, 2.75) is 36.0 Å². The lowest BCUT2D eigenvalue weighted by Crippen LogP contribution is -2.54. The molecule has 0 saturated carbocycles. The number of hydrogen-bond donors (Lipinski definition) is 1. The van der Waals surface area contributed by atoms with Crippen LogP contribution in [0.2, 0.25) is 0 Å². The van der Waals surface area contributed by atoms with E-state index < -0.39 is 28.3 Å². The Bertz CT molecular complexity index is 599. The molecule has 0 aliphatic carbocycles. The Hall–Kier alpha value is -1.13. The summed E-state index contributed by atoms with van der Waals surface area (Å²) in [5.74, 6) is 0. The van der Waals surface area contributed by atoms with Crippen LogP contribution in [-0.2, 0) is 17.1 Å². The minimum Gasteiger partial charge on any atom is -0.294 e. The molecule has 1 aromatic rings. The summed E-state index contributed by atoms with van der Waals surface area (Å²) in [5, 5.41) is 3.77. The number of sulfonamides is 1. The first-order chi connectivity index (χ1) is 9.59. The van der Waals surface area contributed by atoms with E-state index in [1.807, 2.05) is 0 Å². The van der Waals surface area contributed by atoms with Crippen molar-refractivity contribution >= 4 is 10.0 Å². The van der Waals surface area contributed by atoms with Crippen LogP contribution in [0.5, 0.6) is 0 Å². The number of hydrogen-bond acceptors (Lipinski definition) is 4. The van der Waals surface area contributed by atoms with Gasteiger partial charge in [0.05, 0.1) is 6.20 Å². The van der Waals surface area contributed by atoms with E-state index >= 15 is 0 Å². The number of likely N-dealkylation sites (tertiary alicyclic amines) is 1. The smallest absolute Gasteiger partial charge is 0.294 e. The molecule has 1 saturated heterocycles. The lowest BCUT2D eigenvalue weighted by molar-refractivity contribution is -0.188. The van der Waals surface area contributed by atoms with E-state index in [0.29, 0.717) is 0 Å². The average Bonchev–Trinajstić information content (AvgIpc) is 2.74. The maximum Gasteiger partial charge on any atom is 0.404 e. The van der Waals surface area contributed by atoms with Crippen molar-refractivity contribution < 1.29 is 21.6 Å². The maximum atomic E-state index is 12.7. The molecule has 2 atom stereocenters. The number of aryl methyl sites for hydroxylation is 1. The van der Waals surface area contributed by atoms with E-state index in [9.17, 15) is 21.6 Å². The van der Waals surface area contributed by atoms with Gasteiger partial charge in [-0.25, -0.2) is 13.1 Å². The molecule has 1 N–H and O–H groups in total. The van der Waals surface area contributed by atoms with E-state index in [1.54, 1.807) is 7.05 Å². The zero-order chi connectivity index (χ0) is 15.8. The van der Waals surface area contributed by atoms with E-state index in [0.717, 1.165) is 4.90 Å². The quantitative estimate of drug-likeness (QED) is 0.889. The monoisotopic (exact) mass is 326 g/mol. The topological polar surface area (TPSA) is 67.2 Å². The van der Waals surface area contributed by atoms with Gasteiger partial charge in [0.25, 0.3) is 0 Å². The van der Waals surface area contributed by atoms with E-state index in [4.69, 9.17) is 0 Å². The molecular formula is C11H17F3N4O2S. The fourth-order valence-electron chi connectivity index (χ4n) is 2.48. The third kappa shape index (κ3) is 3.74. The second-order valence-electron chi connectivity index (χ2n) is 5.24. The van der Waals surface area contributed by atoms with Crippen LogP contribution in [0.3, 0.4) is 0 Å². The third-order valence-corrected chi connectivity index (χ3v) is 5.00. The standard InChI is InChI=1S/C11H17F3N4O2S/c1-17-6-8(3-4-10(17)11(12,13)14)16-21(19,20)9-5-15-18(2)7-9/h5,7-8,10,16H,3-4,6H2,1-2H3/t8-,10+/m0/s1. The van der Waals surface area contributed by atoms with Gasteiger partial charge in [0.1, 0.15) is 10.9 Å². The Morgan fingerprint density at radius 1 is 1.33 bits per heavy atom. The van der Waals surface area contributed by atoms with Crippen LogP contribution < -0.4 is 4.72 Å². The minimum atomic E-state index is -4.29. The van der Waals surface area contributed by atoms with Gasteiger partial charge in [-0.2, -0.15) is 18.3 Å². The van der Waals surface area contributed by atoms with Crippen LogP contribution in [-0.4, -0.2) is 55.0 Å². The number of nitrogens with one attached hydrogen (secondary N) is 1. The van der Waals surface area contributed by atoms with Crippen LogP contribution in [0.25, 0.3) is 0 Å². The molecule has 10 heteroatoms. The molecule has 0 unspecified atom stereocenters. The molecular weight excluding hydrogens is 309 g/mol. The fourth-order valence-corrected chi connectivity index (χ4v) is 3.72. The Labute approximate surface area is 121 Å². The molecule has 0 aromatic carbocycles. The van der Waals surface area contributed by atoms with Gasteiger partial charge >= 0.3 is 6.18 Å². The zero-order valence-corrected chi connectivity index (χ0v) is 12.4. The highest BCUT2D eigenvalue weighted by Crippen LogP contribution is 2.31. The minimum absolute atomic E-state index is 0.00518. The number of piperidine rings is 1. The summed E-state index contributed by atoms with van der Waals surface area (Å²) in [4.78, 5) is 1.14. The Morgan fingerprint density at radius 2 is 2.00 bits per heavy atom. The Balaban J connectivity index is 2.03. The molecule has 6 nitrogen and oxygen atoms in total. The fraction of sp³-hybridized carbons (Fsp3) is 0.727. The van der Waals surface area contributed by atoms with Gasteiger partial charge in [0.2, 0.25) is 10.0 Å². The summed E-state index contributed by atoms with van der Waals surface area (Å²) in [7, 11) is -0.822. The van der Waals surface area contributed by atoms with E-state index in [2.05, 4.69) is 9.82 Å². The molecule has 0 spiro atoms. The van der Waals surface area contributed by atoms with Crippen molar-refractivity contribution in [1.82, 2.24) is 19.4 Å². The lowest BCUT2D eigenvalue weighted by Gasteiger charge is -2.38. The first kappa shape index (κ1) is 16.2. The van der Waals surface area contributed by atoms with E-state index in [-0.39, 0.29) is 24.3 Å². The normalized spacial score (nSPS) is 25.2. The third-order valence-electron chi connectivity index (χ3n) is 3.52. The number of alkyl halides is 3. The molecule has 1 aromatic heterocycles. The molecule has 21 heavy (non-hydrogen) atoms. The highest BCUT2D eigenvalue weighted by molar-refractivity contribution is 7.89. The summed E-state index contributed by atoms with van der Waals surface area (Å²) < 4.78 is 66.2. The van der Waals surface area contributed by atoms with Gasteiger partial charge < -0.3 is 0 Å². The van der Waals surface area contributed by atoms with Crippen molar-refractivity contribution in [3.8, 4) is 0 Å². The summed E-state index contributed by atoms with van der Waals surface area (Å²) >= 11 is 0. The summed E-state index contributed by atoms with van der Waals surface area (Å²) in [5.41, 5.74) is 0. The maximum absolute atomic E-state index is 12.7. The molecule has 2 heterocycles. The van der Waals surface area contributed by atoms with Gasteiger partial charge in [-0.3, -0.25) is 9.58 Å². The highest BCUT2D eigenvalue weighted by Gasteiger charge is 2.45. The first-order valence-electron chi connectivity index (χ1n) is 6.37. The van der Waals surface area contributed by atoms with Gasteiger partial charge in [-0.15, -0.1) is 0 Å². The predicted molar refractivity (Wildman–Crippen MR) is 69.0 cm³/mol. The average molecular weight is 326 g/mol. The van der Waals surface area contributed by atoms with Crippen LogP contribution in [0.15, 0.2) is 17.3 Å². The predicted octanol–water partition coefficient (Wildman–Crippen LogP) is 0.723. The summed E-state index contributed by atoms with van der Waals surface area (Å²) in [6.07, 6.45) is -1.73. The molecule has 2 rings (SSSR count). The number of rotatable bonds is 3. The number of nitrogens with zero attached hydrogens (tertiary/aromatic N) is 3. The largest absolute Gasteiger partial charge is 0.404 e.